The van der Waals surface area contributed by atoms with Crippen LogP contribution in [0, 0.1) is 5.92 Å². The summed E-state index contributed by atoms with van der Waals surface area (Å²) in [4.78, 5) is 10.7. The summed E-state index contributed by atoms with van der Waals surface area (Å²) < 4.78 is 17.2. The number of hydrogen-bond donors (Lipinski definition) is 0. The number of ether oxygens (including phenoxy) is 1. The van der Waals surface area contributed by atoms with Crippen LogP contribution in [0.1, 0.15) is 19.4 Å². The molecule has 0 aliphatic heterocycles. The van der Waals surface area contributed by atoms with Gasteiger partial charge in [0.15, 0.2) is 0 Å². The molecule has 0 saturated heterocycles. The molecule has 1 aromatic rings. The number of esters is 1. The number of rotatable bonds is 3. The molecule has 0 aliphatic carbocycles. The van der Waals surface area contributed by atoms with Crippen LogP contribution in [0.5, 0.6) is 5.75 Å². The van der Waals surface area contributed by atoms with Gasteiger partial charge in [0.25, 0.3) is 0 Å². The molecule has 0 amide bonds. The van der Waals surface area contributed by atoms with Crippen molar-refractivity contribution in [3.8, 4) is 5.75 Å². The molecular weight excluding hydrogens is 183 g/mol. The zero-order valence-corrected chi connectivity index (χ0v) is 8.21. The van der Waals surface area contributed by atoms with E-state index in [1.165, 1.54) is 6.92 Å². The molecule has 0 saturated carbocycles. The van der Waals surface area contributed by atoms with Gasteiger partial charge in [0.1, 0.15) is 5.75 Å². The molecule has 0 spiro atoms. The second kappa shape index (κ2) is 4.74. The molecule has 2 nitrogen and oxygen atoms in total. The first-order valence-corrected chi connectivity index (χ1v) is 4.30. The van der Waals surface area contributed by atoms with Crippen molar-refractivity contribution in [3.63, 3.8) is 0 Å². The third-order valence-electron chi connectivity index (χ3n) is 1.79. The van der Waals surface area contributed by atoms with Gasteiger partial charge in [0.05, 0.1) is 6.67 Å². The largest absolute Gasteiger partial charge is 0.427 e. The molecule has 1 rings (SSSR count). The number of carbonyl (C=O) groups excluding carboxylic acids is 1. The number of alkyl halides is 1. The smallest absolute Gasteiger partial charge is 0.308 e. The summed E-state index contributed by atoms with van der Waals surface area (Å²) in [6, 6.07) is 6.82. The van der Waals surface area contributed by atoms with E-state index >= 15 is 0 Å². The summed E-state index contributed by atoms with van der Waals surface area (Å²) in [5, 5.41) is 0. The van der Waals surface area contributed by atoms with E-state index < -0.39 is 6.67 Å². The Morgan fingerprint density at radius 2 is 2.14 bits per heavy atom. The van der Waals surface area contributed by atoms with Gasteiger partial charge in [-0.3, -0.25) is 9.18 Å². The van der Waals surface area contributed by atoms with Crippen molar-refractivity contribution >= 4 is 5.97 Å². The molecule has 0 aromatic heterocycles. The van der Waals surface area contributed by atoms with Gasteiger partial charge in [-0.1, -0.05) is 19.1 Å². The highest BCUT2D eigenvalue weighted by Crippen LogP contribution is 2.20. The Bertz CT molecular complexity index is 323. The van der Waals surface area contributed by atoms with Gasteiger partial charge in [0, 0.05) is 12.8 Å². The molecule has 1 radical (unpaired) electrons. The van der Waals surface area contributed by atoms with Crippen molar-refractivity contribution in [2.24, 2.45) is 0 Å². The zero-order chi connectivity index (χ0) is 10.6. The van der Waals surface area contributed by atoms with E-state index in [0.29, 0.717) is 11.7 Å². The minimum Gasteiger partial charge on any atom is -0.427 e. The van der Waals surface area contributed by atoms with Crippen LogP contribution in [0.3, 0.4) is 0 Å². The monoisotopic (exact) mass is 195 g/mol. The Hall–Kier alpha value is -1.38. The summed E-state index contributed by atoms with van der Waals surface area (Å²) in [6.45, 7) is 2.54. The van der Waals surface area contributed by atoms with Gasteiger partial charge in [-0.2, -0.15) is 0 Å². The van der Waals surface area contributed by atoms with Crippen LogP contribution in [-0.2, 0) is 4.79 Å². The highest BCUT2D eigenvalue weighted by atomic mass is 19.1. The molecule has 3 heteroatoms. The number of carbonyl (C=O) groups is 1. The average Bonchev–Trinajstić information content (AvgIpc) is 2.16. The SMILES string of the molecule is C[C](CF)c1cccc(OC(C)=O)c1. The molecule has 0 bridgehead atoms. The van der Waals surface area contributed by atoms with Gasteiger partial charge < -0.3 is 4.74 Å². The van der Waals surface area contributed by atoms with E-state index in [1.54, 1.807) is 31.2 Å². The fourth-order valence-electron chi connectivity index (χ4n) is 1.07. The van der Waals surface area contributed by atoms with E-state index in [1.807, 2.05) is 0 Å². The van der Waals surface area contributed by atoms with E-state index in [2.05, 4.69) is 0 Å². The van der Waals surface area contributed by atoms with Crippen molar-refractivity contribution in [2.75, 3.05) is 6.67 Å². The first-order valence-electron chi connectivity index (χ1n) is 4.30. The number of halogens is 1. The van der Waals surface area contributed by atoms with Crippen molar-refractivity contribution in [1.82, 2.24) is 0 Å². The Labute approximate surface area is 82.7 Å². The first-order chi connectivity index (χ1) is 6.63. The molecule has 0 atom stereocenters. The molecule has 1 aromatic carbocycles. The standard InChI is InChI=1S/C11H12FO2/c1-8(7-12)10-4-3-5-11(6-10)14-9(2)13/h3-6H,7H2,1-2H3. The molecule has 75 valence electrons. The molecule has 0 heterocycles. The lowest BCUT2D eigenvalue weighted by atomic mass is 10.0. The average molecular weight is 195 g/mol. The molecule has 0 unspecified atom stereocenters. The van der Waals surface area contributed by atoms with Crippen LogP contribution in [0.15, 0.2) is 24.3 Å². The highest BCUT2D eigenvalue weighted by molar-refractivity contribution is 5.69. The summed E-state index contributed by atoms with van der Waals surface area (Å²) in [5.41, 5.74) is 0.756. The minimum atomic E-state index is -0.497. The predicted octanol–water partition coefficient (Wildman–Crippen LogP) is 2.52. The van der Waals surface area contributed by atoms with Crippen LogP contribution in [0.25, 0.3) is 0 Å². The van der Waals surface area contributed by atoms with Gasteiger partial charge >= 0.3 is 5.97 Å². The lowest BCUT2D eigenvalue weighted by molar-refractivity contribution is -0.131. The third-order valence-corrected chi connectivity index (χ3v) is 1.79. The van der Waals surface area contributed by atoms with Crippen molar-refractivity contribution in [3.05, 3.63) is 35.7 Å². The zero-order valence-electron chi connectivity index (χ0n) is 8.21. The predicted molar refractivity (Wildman–Crippen MR) is 51.7 cm³/mol. The fourth-order valence-corrected chi connectivity index (χ4v) is 1.07. The molecule has 0 fully saturated rings. The van der Waals surface area contributed by atoms with E-state index in [4.69, 9.17) is 4.74 Å². The third kappa shape index (κ3) is 2.83. The van der Waals surface area contributed by atoms with Gasteiger partial charge in [-0.25, -0.2) is 0 Å². The van der Waals surface area contributed by atoms with Crippen LogP contribution in [0.2, 0.25) is 0 Å². The van der Waals surface area contributed by atoms with Crippen molar-refractivity contribution in [2.45, 2.75) is 13.8 Å². The molecule has 0 aliphatic rings. The minimum absolute atomic E-state index is 0.375. The Morgan fingerprint density at radius 1 is 1.43 bits per heavy atom. The molecule has 0 N–H and O–H groups in total. The lowest BCUT2D eigenvalue weighted by Gasteiger charge is -2.08. The Balaban J connectivity index is 2.83. The number of benzene rings is 1. The maximum absolute atomic E-state index is 12.3. The van der Waals surface area contributed by atoms with E-state index in [-0.39, 0.29) is 5.97 Å². The number of hydrogen-bond acceptors (Lipinski definition) is 2. The molecular formula is C11H12FO2. The van der Waals surface area contributed by atoms with Gasteiger partial charge in [-0.15, -0.1) is 0 Å². The van der Waals surface area contributed by atoms with E-state index in [9.17, 15) is 9.18 Å². The van der Waals surface area contributed by atoms with Crippen molar-refractivity contribution in [1.29, 1.82) is 0 Å². The summed E-state index contributed by atoms with van der Waals surface area (Å²) in [7, 11) is 0. The summed E-state index contributed by atoms with van der Waals surface area (Å²) >= 11 is 0. The fraction of sp³-hybridized carbons (Fsp3) is 0.273. The second-order valence-electron chi connectivity index (χ2n) is 3.04. The maximum atomic E-state index is 12.3. The lowest BCUT2D eigenvalue weighted by Crippen LogP contribution is -2.03. The Kier molecular flexibility index (Phi) is 3.63. The normalized spacial score (nSPS) is 10.3. The van der Waals surface area contributed by atoms with Crippen LogP contribution >= 0.6 is 0 Å². The molecule has 14 heavy (non-hydrogen) atoms. The highest BCUT2D eigenvalue weighted by Gasteiger charge is 2.07. The first kappa shape index (κ1) is 10.7. The van der Waals surface area contributed by atoms with Gasteiger partial charge in [0.2, 0.25) is 0 Å². The van der Waals surface area contributed by atoms with Crippen molar-refractivity contribution < 1.29 is 13.9 Å². The van der Waals surface area contributed by atoms with Gasteiger partial charge in [-0.05, 0) is 17.7 Å². The summed E-state index contributed by atoms with van der Waals surface area (Å²) in [6.07, 6.45) is 0. The van der Waals surface area contributed by atoms with Crippen LogP contribution in [0.4, 0.5) is 4.39 Å². The van der Waals surface area contributed by atoms with Crippen LogP contribution < -0.4 is 4.74 Å². The van der Waals surface area contributed by atoms with E-state index in [0.717, 1.165) is 5.56 Å². The second-order valence-corrected chi connectivity index (χ2v) is 3.04. The topological polar surface area (TPSA) is 26.3 Å². The quantitative estimate of drug-likeness (QED) is 0.547. The summed E-state index contributed by atoms with van der Waals surface area (Å²) in [5.74, 6) is 0.696. The van der Waals surface area contributed by atoms with Crippen LogP contribution in [-0.4, -0.2) is 12.6 Å². The maximum Gasteiger partial charge on any atom is 0.308 e. The Morgan fingerprint density at radius 3 is 2.71 bits per heavy atom.